The van der Waals surface area contributed by atoms with Gasteiger partial charge in [-0.1, -0.05) is 17.7 Å². The number of benzene rings is 1. The van der Waals surface area contributed by atoms with Crippen LogP contribution >= 0.6 is 34.3 Å². The van der Waals surface area contributed by atoms with E-state index in [-0.39, 0.29) is 24.4 Å². The highest BCUT2D eigenvalue weighted by molar-refractivity contribution is 7.12. The number of amides is 2. The lowest BCUT2D eigenvalue weighted by Gasteiger charge is -2.40. The van der Waals surface area contributed by atoms with Crippen LogP contribution in [0.25, 0.3) is 0 Å². The summed E-state index contributed by atoms with van der Waals surface area (Å²) >= 11 is 9.09. The molecule has 8 heteroatoms. The number of ether oxygens (including phenoxy) is 1. The molecule has 1 unspecified atom stereocenters. The molecule has 0 aliphatic carbocycles. The van der Waals surface area contributed by atoms with Crippen molar-refractivity contribution in [2.24, 2.45) is 0 Å². The van der Waals surface area contributed by atoms with Crippen LogP contribution in [0, 0.1) is 0 Å². The Labute approximate surface area is 207 Å². The van der Waals surface area contributed by atoms with E-state index in [1.165, 1.54) is 16.2 Å². The number of rotatable bonds is 6. The Morgan fingerprint density at radius 3 is 2.55 bits per heavy atom. The fourth-order valence-electron chi connectivity index (χ4n) is 3.95. The number of hydrogen-bond acceptors (Lipinski definition) is 5. The van der Waals surface area contributed by atoms with E-state index in [1.54, 1.807) is 34.4 Å². The molecule has 2 amide bonds. The van der Waals surface area contributed by atoms with E-state index in [0.717, 1.165) is 12.0 Å². The number of fused-ring (bicyclic) bond motifs is 1. The van der Waals surface area contributed by atoms with Gasteiger partial charge in [-0.05, 0) is 79.9 Å². The Morgan fingerprint density at radius 2 is 1.88 bits per heavy atom. The molecule has 0 N–H and O–H groups in total. The summed E-state index contributed by atoms with van der Waals surface area (Å²) in [5.41, 5.74) is 0.635. The van der Waals surface area contributed by atoms with Crippen LogP contribution in [-0.2, 0) is 11.2 Å². The van der Waals surface area contributed by atoms with Gasteiger partial charge in [0, 0.05) is 22.0 Å². The quantitative estimate of drug-likeness (QED) is 0.421. The van der Waals surface area contributed by atoms with Crippen LogP contribution in [0.5, 0.6) is 5.75 Å². The average molecular weight is 503 g/mol. The van der Waals surface area contributed by atoms with Crippen LogP contribution < -0.4 is 4.74 Å². The first-order chi connectivity index (χ1) is 15.7. The first-order valence-electron chi connectivity index (χ1n) is 10.8. The number of hydrogen-bond donors (Lipinski definition) is 0. The van der Waals surface area contributed by atoms with Gasteiger partial charge in [-0.3, -0.25) is 9.59 Å². The Balaban J connectivity index is 1.54. The van der Waals surface area contributed by atoms with Gasteiger partial charge in [-0.25, -0.2) is 0 Å². The summed E-state index contributed by atoms with van der Waals surface area (Å²) < 4.78 is 6.06. The van der Waals surface area contributed by atoms with Crippen molar-refractivity contribution in [3.8, 4) is 5.75 Å². The summed E-state index contributed by atoms with van der Waals surface area (Å²) in [7, 11) is 0. The second-order valence-electron chi connectivity index (χ2n) is 8.96. The third-order valence-corrected chi connectivity index (χ3v) is 7.82. The molecular weight excluding hydrogens is 476 g/mol. The van der Waals surface area contributed by atoms with E-state index in [1.807, 2.05) is 49.3 Å². The highest BCUT2D eigenvalue weighted by Gasteiger charge is 2.36. The van der Waals surface area contributed by atoms with Crippen molar-refractivity contribution in [3.63, 3.8) is 0 Å². The number of halogens is 1. The minimum Gasteiger partial charge on any atom is -0.491 e. The molecule has 0 spiro atoms. The van der Waals surface area contributed by atoms with Gasteiger partial charge in [0.2, 0.25) is 5.91 Å². The summed E-state index contributed by atoms with van der Waals surface area (Å²) in [6.45, 7) is 6.84. The summed E-state index contributed by atoms with van der Waals surface area (Å²) in [4.78, 5) is 32.2. The molecule has 3 aromatic rings. The minimum atomic E-state index is -0.491. The van der Waals surface area contributed by atoms with Gasteiger partial charge in [0.15, 0.2) is 0 Å². The number of nitrogens with zero attached hydrogens (tertiary/aromatic N) is 2. The van der Waals surface area contributed by atoms with Crippen molar-refractivity contribution in [1.82, 2.24) is 9.80 Å². The second-order valence-corrected chi connectivity index (χ2v) is 11.3. The van der Waals surface area contributed by atoms with Gasteiger partial charge in [0.25, 0.3) is 5.91 Å². The van der Waals surface area contributed by atoms with Crippen molar-refractivity contribution in [2.75, 3.05) is 19.7 Å². The molecule has 0 radical (unpaired) electrons. The maximum absolute atomic E-state index is 13.6. The Kier molecular flexibility index (Phi) is 7.12. The van der Waals surface area contributed by atoms with E-state index < -0.39 is 5.54 Å². The van der Waals surface area contributed by atoms with E-state index >= 15 is 0 Å². The second kappa shape index (κ2) is 9.87. The number of thiophene rings is 2. The Morgan fingerprint density at radius 1 is 1.12 bits per heavy atom. The maximum Gasteiger partial charge on any atom is 0.264 e. The highest BCUT2D eigenvalue weighted by Crippen LogP contribution is 2.34. The monoisotopic (exact) mass is 502 g/mol. The molecule has 1 aromatic carbocycles. The summed E-state index contributed by atoms with van der Waals surface area (Å²) in [6, 6.07) is 12.8. The van der Waals surface area contributed by atoms with E-state index in [0.29, 0.717) is 28.8 Å². The van der Waals surface area contributed by atoms with Crippen molar-refractivity contribution >= 4 is 46.1 Å². The first-order valence-corrected chi connectivity index (χ1v) is 13.0. The van der Waals surface area contributed by atoms with E-state index in [9.17, 15) is 9.59 Å². The molecule has 1 aliphatic heterocycles. The number of carbonyl (C=O) groups excluding carboxylic acids is 2. The van der Waals surface area contributed by atoms with Crippen molar-refractivity contribution in [3.05, 3.63) is 73.6 Å². The van der Waals surface area contributed by atoms with Crippen LogP contribution in [-0.4, -0.2) is 46.8 Å². The van der Waals surface area contributed by atoms with Gasteiger partial charge in [-0.2, -0.15) is 0 Å². The lowest BCUT2D eigenvalue weighted by atomic mass is 9.99. The molecule has 0 bridgehead atoms. The molecule has 33 heavy (non-hydrogen) atoms. The van der Waals surface area contributed by atoms with Gasteiger partial charge < -0.3 is 14.5 Å². The van der Waals surface area contributed by atoms with Gasteiger partial charge >= 0.3 is 0 Å². The van der Waals surface area contributed by atoms with E-state index in [4.69, 9.17) is 16.3 Å². The van der Waals surface area contributed by atoms with Crippen LogP contribution in [0.4, 0.5) is 0 Å². The molecule has 4 rings (SSSR count). The molecule has 1 aliphatic rings. The fraction of sp³-hybridized carbons (Fsp3) is 0.360. The molecule has 0 saturated carbocycles. The highest BCUT2D eigenvalue weighted by atomic mass is 35.5. The molecule has 3 heterocycles. The fourth-order valence-corrected chi connectivity index (χ4v) is 5.68. The topological polar surface area (TPSA) is 49.9 Å². The molecule has 0 fully saturated rings. The van der Waals surface area contributed by atoms with Gasteiger partial charge in [0.05, 0.1) is 10.9 Å². The third-order valence-electron chi connectivity index (χ3n) is 5.72. The minimum absolute atomic E-state index is 0.0249. The predicted octanol–water partition coefficient (Wildman–Crippen LogP) is 5.91. The van der Waals surface area contributed by atoms with Crippen LogP contribution in [0.1, 0.15) is 46.9 Å². The zero-order valence-corrected chi connectivity index (χ0v) is 21.3. The molecule has 2 aromatic heterocycles. The lowest BCUT2D eigenvalue weighted by Crippen LogP contribution is -2.53. The molecule has 5 nitrogen and oxygen atoms in total. The first kappa shape index (κ1) is 23.8. The van der Waals surface area contributed by atoms with Crippen molar-refractivity contribution in [2.45, 2.75) is 38.8 Å². The SMILES string of the molecule is CC(C)(C)N(CC(=O)N1CCc2sccc2C1COc1ccc(Cl)cc1)C(=O)c1cccs1. The lowest BCUT2D eigenvalue weighted by molar-refractivity contribution is -0.136. The standard InChI is InChI=1S/C25H27ClN2O3S2/c1-25(2,3)28(24(30)22-5-4-13-32-22)15-23(29)27-12-10-21-19(11-14-33-21)20(27)16-31-18-8-6-17(26)7-9-18/h4-9,11,13-14,20H,10,12,15-16H2,1-3H3. The van der Waals surface area contributed by atoms with Crippen LogP contribution in [0.2, 0.25) is 5.02 Å². The summed E-state index contributed by atoms with van der Waals surface area (Å²) in [6.07, 6.45) is 0.810. The summed E-state index contributed by atoms with van der Waals surface area (Å²) in [5, 5.41) is 4.59. The van der Waals surface area contributed by atoms with Gasteiger partial charge in [-0.15, -0.1) is 22.7 Å². The number of carbonyl (C=O) groups is 2. The predicted molar refractivity (Wildman–Crippen MR) is 135 cm³/mol. The molecule has 0 saturated heterocycles. The zero-order valence-electron chi connectivity index (χ0n) is 18.9. The van der Waals surface area contributed by atoms with Gasteiger partial charge in [0.1, 0.15) is 18.9 Å². The van der Waals surface area contributed by atoms with Crippen LogP contribution in [0.15, 0.2) is 53.2 Å². The normalized spacial score (nSPS) is 15.8. The Bertz CT molecular complexity index is 1100. The Hall–Kier alpha value is -2.35. The molecular formula is C25H27ClN2O3S2. The average Bonchev–Trinajstić information content (AvgIpc) is 3.47. The van der Waals surface area contributed by atoms with Crippen LogP contribution in [0.3, 0.4) is 0 Å². The largest absolute Gasteiger partial charge is 0.491 e. The van der Waals surface area contributed by atoms with E-state index in [2.05, 4.69) is 11.4 Å². The third kappa shape index (κ3) is 5.42. The molecule has 1 atom stereocenters. The van der Waals surface area contributed by atoms with Crippen molar-refractivity contribution < 1.29 is 14.3 Å². The van der Waals surface area contributed by atoms with Crippen molar-refractivity contribution in [1.29, 1.82) is 0 Å². The maximum atomic E-state index is 13.6. The molecule has 174 valence electrons. The zero-order chi connectivity index (χ0) is 23.6. The summed E-state index contributed by atoms with van der Waals surface area (Å²) in [5.74, 6) is 0.516. The smallest absolute Gasteiger partial charge is 0.264 e.